The highest BCUT2D eigenvalue weighted by molar-refractivity contribution is 6.30. The summed E-state index contributed by atoms with van der Waals surface area (Å²) in [4.78, 5) is 18.3. The van der Waals surface area contributed by atoms with Crippen LogP contribution in [-0.2, 0) is 11.3 Å². The van der Waals surface area contributed by atoms with Crippen LogP contribution in [-0.4, -0.2) is 32.3 Å². The van der Waals surface area contributed by atoms with Gasteiger partial charge in [0.05, 0.1) is 24.3 Å². The summed E-state index contributed by atoms with van der Waals surface area (Å²) in [5.41, 5.74) is 1.13. The van der Waals surface area contributed by atoms with Gasteiger partial charge in [0.25, 0.3) is 0 Å². The first-order valence-corrected chi connectivity index (χ1v) is 7.03. The predicted molar refractivity (Wildman–Crippen MR) is 71.5 cm³/mol. The van der Waals surface area contributed by atoms with E-state index in [1.807, 2.05) is 17.4 Å². The standard InChI is InChI=1S/C13H20ClN3O/c1-3-16-9-15-8-12(16)11-6-4-5-7-17(11)13(18)10(2)14/h8-11H,3-7H2,1-2H3. The van der Waals surface area contributed by atoms with Crippen LogP contribution in [0.3, 0.4) is 0 Å². The van der Waals surface area contributed by atoms with E-state index in [-0.39, 0.29) is 11.9 Å². The summed E-state index contributed by atoms with van der Waals surface area (Å²) in [6.07, 6.45) is 6.92. The first kappa shape index (κ1) is 13.4. The number of carbonyl (C=O) groups is 1. The van der Waals surface area contributed by atoms with Gasteiger partial charge in [0.2, 0.25) is 5.91 Å². The number of imidazole rings is 1. The van der Waals surface area contributed by atoms with E-state index in [2.05, 4.69) is 16.5 Å². The molecule has 1 fully saturated rings. The molecule has 1 aliphatic rings. The van der Waals surface area contributed by atoms with Crippen LogP contribution in [0, 0.1) is 0 Å². The molecule has 4 nitrogen and oxygen atoms in total. The van der Waals surface area contributed by atoms with Crippen molar-refractivity contribution in [3.8, 4) is 0 Å². The number of alkyl halides is 1. The molecule has 5 heteroatoms. The van der Waals surface area contributed by atoms with Crippen molar-refractivity contribution in [2.75, 3.05) is 6.54 Å². The van der Waals surface area contributed by atoms with E-state index in [1.54, 1.807) is 6.92 Å². The largest absolute Gasteiger partial charge is 0.333 e. The van der Waals surface area contributed by atoms with Gasteiger partial charge < -0.3 is 9.47 Å². The summed E-state index contributed by atoms with van der Waals surface area (Å²) < 4.78 is 2.11. The molecule has 0 spiro atoms. The molecule has 2 unspecified atom stereocenters. The Kier molecular flexibility index (Phi) is 4.27. The Morgan fingerprint density at radius 1 is 1.61 bits per heavy atom. The summed E-state index contributed by atoms with van der Waals surface area (Å²) in [5, 5.41) is -0.455. The molecule has 1 aromatic rings. The van der Waals surface area contributed by atoms with Crippen molar-refractivity contribution < 1.29 is 4.79 Å². The van der Waals surface area contributed by atoms with Gasteiger partial charge in [0.1, 0.15) is 5.38 Å². The van der Waals surface area contributed by atoms with E-state index in [1.165, 1.54) is 0 Å². The topological polar surface area (TPSA) is 38.1 Å². The number of likely N-dealkylation sites (tertiary alicyclic amines) is 1. The molecule has 18 heavy (non-hydrogen) atoms. The number of aryl methyl sites for hydroxylation is 1. The maximum absolute atomic E-state index is 12.2. The second kappa shape index (κ2) is 5.74. The molecule has 1 amide bonds. The highest BCUT2D eigenvalue weighted by atomic mass is 35.5. The van der Waals surface area contributed by atoms with Gasteiger partial charge in [0, 0.05) is 13.1 Å². The smallest absolute Gasteiger partial charge is 0.240 e. The molecule has 100 valence electrons. The Bertz CT molecular complexity index is 416. The van der Waals surface area contributed by atoms with Crippen LogP contribution in [0.15, 0.2) is 12.5 Å². The van der Waals surface area contributed by atoms with E-state index < -0.39 is 5.38 Å². The van der Waals surface area contributed by atoms with Gasteiger partial charge in [0.15, 0.2) is 0 Å². The van der Waals surface area contributed by atoms with E-state index in [0.717, 1.165) is 38.0 Å². The Labute approximate surface area is 113 Å². The lowest BCUT2D eigenvalue weighted by Gasteiger charge is -2.36. The fourth-order valence-electron chi connectivity index (χ4n) is 2.60. The van der Waals surface area contributed by atoms with Gasteiger partial charge in [-0.15, -0.1) is 11.6 Å². The van der Waals surface area contributed by atoms with Crippen molar-refractivity contribution in [3.63, 3.8) is 0 Å². The highest BCUT2D eigenvalue weighted by Gasteiger charge is 2.31. The zero-order chi connectivity index (χ0) is 13.1. The summed E-state index contributed by atoms with van der Waals surface area (Å²) in [6.45, 7) is 5.51. The number of hydrogen-bond acceptors (Lipinski definition) is 2. The SMILES string of the molecule is CCn1cncc1C1CCCCN1C(=O)C(C)Cl. The maximum atomic E-state index is 12.2. The van der Waals surface area contributed by atoms with E-state index in [9.17, 15) is 4.79 Å². The van der Waals surface area contributed by atoms with Gasteiger partial charge in [-0.25, -0.2) is 4.98 Å². The first-order chi connectivity index (χ1) is 8.65. The molecular formula is C13H20ClN3O. The van der Waals surface area contributed by atoms with Gasteiger partial charge in [-0.3, -0.25) is 4.79 Å². The van der Waals surface area contributed by atoms with Crippen LogP contribution in [0.1, 0.15) is 44.8 Å². The minimum Gasteiger partial charge on any atom is -0.333 e. The molecule has 0 N–H and O–H groups in total. The van der Waals surface area contributed by atoms with Crippen LogP contribution >= 0.6 is 11.6 Å². The Hall–Kier alpha value is -1.03. The number of halogens is 1. The van der Waals surface area contributed by atoms with Crippen LogP contribution in [0.4, 0.5) is 0 Å². The zero-order valence-corrected chi connectivity index (χ0v) is 11.7. The van der Waals surface area contributed by atoms with Gasteiger partial charge >= 0.3 is 0 Å². The van der Waals surface area contributed by atoms with Crippen molar-refractivity contribution in [1.82, 2.24) is 14.5 Å². The summed E-state index contributed by atoms with van der Waals surface area (Å²) in [6, 6.07) is 0.134. The fourth-order valence-corrected chi connectivity index (χ4v) is 2.73. The lowest BCUT2D eigenvalue weighted by Crippen LogP contribution is -2.42. The lowest BCUT2D eigenvalue weighted by molar-refractivity contribution is -0.134. The second-order valence-corrected chi connectivity index (χ2v) is 5.42. The predicted octanol–water partition coefficient (Wildman–Crippen LogP) is 2.58. The number of aromatic nitrogens is 2. The average molecular weight is 270 g/mol. The minimum absolute atomic E-state index is 0.0326. The Morgan fingerprint density at radius 3 is 3.06 bits per heavy atom. The molecule has 0 bridgehead atoms. The number of amides is 1. The molecule has 1 saturated heterocycles. The molecule has 0 radical (unpaired) electrons. The summed E-state index contributed by atoms with van der Waals surface area (Å²) in [5.74, 6) is 0.0326. The van der Waals surface area contributed by atoms with Crippen molar-refractivity contribution in [2.45, 2.75) is 51.1 Å². The van der Waals surface area contributed by atoms with Crippen molar-refractivity contribution in [2.24, 2.45) is 0 Å². The van der Waals surface area contributed by atoms with Crippen LogP contribution in [0.2, 0.25) is 0 Å². The minimum atomic E-state index is -0.455. The number of carbonyl (C=O) groups excluding carboxylic acids is 1. The molecule has 2 heterocycles. The zero-order valence-electron chi connectivity index (χ0n) is 11.0. The van der Waals surface area contributed by atoms with Crippen molar-refractivity contribution >= 4 is 17.5 Å². The molecule has 1 aliphatic heterocycles. The third-order valence-corrected chi connectivity index (χ3v) is 3.74. The number of rotatable bonds is 3. The van der Waals surface area contributed by atoms with Gasteiger partial charge in [-0.2, -0.15) is 0 Å². The number of nitrogens with zero attached hydrogens (tertiary/aromatic N) is 3. The summed E-state index contributed by atoms with van der Waals surface area (Å²) >= 11 is 5.95. The lowest BCUT2D eigenvalue weighted by atomic mass is 9.99. The Balaban J connectivity index is 2.25. The quantitative estimate of drug-likeness (QED) is 0.791. The molecule has 2 rings (SSSR count). The molecule has 1 aromatic heterocycles. The van der Waals surface area contributed by atoms with Crippen molar-refractivity contribution in [1.29, 1.82) is 0 Å². The molecule has 0 aromatic carbocycles. The van der Waals surface area contributed by atoms with Crippen LogP contribution in [0.25, 0.3) is 0 Å². The average Bonchev–Trinajstić information content (AvgIpc) is 2.85. The molecule has 0 aliphatic carbocycles. The van der Waals surface area contributed by atoms with E-state index >= 15 is 0 Å². The molecular weight excluding hydrogens is 250 g/mol. The number of hydrogen-bond donors (Lipinski definition) is 0. The Morgan fingerprint density at radius 2 is 2.39 bits per heavy atom. The maximum Gasteiger partial charge on any atom is 0.240 e. The highest BCUT2D eigenvalue weighted by Crippen LogP contribution is 2.31. The molecule has 2 atom stereocenters. The molecule has 0 saturated carbocycles. The fraction of sp³-hybridized carbons (Fsp3) is 0.692. The van der Waals surface area contributed by atoms with Crippen LogP contribution in [0.5, 0.6) is 0 Å². The second-order valence-electron chi connectivity index (χ2n) is 4.76. The van der Waals surface area contributed by atoms with E-state index in [4.69, 9.17) is 11.6 Å². The van der Waals surface area contributed by atoms with Gasteiger partial charge in [-0.1, -0.05) is 0 Å². The van der Waals surface area contributed by atoms with Gasteiger partial charge in [-0.05, 0) is 33.1 Å². The monoisotopic (exact) mass is 269 g/mol. The van der Waals surface area contributed by atoms with E-state index in [0.29, 0.717) is 0 Å². The first-order valence-electron chi connectivity index (χ1n) is 6.59. The number of piperidine rings is 1. The van der Waals surface area contributed by atoms with Crippen LogP contribution < -0.4 is 0 Å². The third kappa shape index (κ3) is 2.53. The third-order valence-electron chi connectivity index (χ3n) is 3.55. The normalized spacial score (nSPS) is 21.9. The van der Waals surface area contributed by atoms with Crippen molar-refractivity contribution in [3.05, 3.63) is 18.2 Å². The summed E-state index contributed by atoms with van der Waals surface area (Å²) in [7, 11) is 0.